The van der Waals surface area contributed by atoms with E-state index >= 15 is 0 Å². The molecule has 0 aromatic rings. The summed E-state index contributed by atoms with van der Waals surface area (Å²) in [5, 5.41) is 8.66. The number of amides is 1. The summed E-state index contributed by atoms with van der Waals surface area (Å²) in [5.74, 6) is 0. The van der Waals surface area contributed by atoms with Crippen LogP contribution in [0.5, 0.6) is 0 Å². The van der Waals surface area contributed by atoms with Gasteiger partial charge in [0.15, 0.2) is 0 Å². The predicted molar refractivity (Wildman–Crippen MR) is 55.7 cm³/mol. The van der Waals surface area contributed by atoms with E-state index in [1.165, 1.54) is 4.90 Å². The van der Waals surface area contributed by atoms with Crippen molar-refractivity contribution >= 4 is 14.7 Å². The summed E-state index contributed by atoms with van der Waals surface area (Å²) in [5.41, 5.74) is 0. The van der Waals surface area contributed by atoms with Gasteiger partial charge in [-0.15, -0.1) is 0 Å². The van der Waals surface area contributed by atoms with Crippen LogP contribution in [0.15, 0.2) is 0 Å². The van der Waals surface area contributed by atoms with E-state index in [1.54, 1.807) is 21.3 Å². The number of hydrogen-bond acceptors (Lipinski definition) is 3. The van der Waals surface area contributed by atoms with E-state index in [0.29, 0.717) is 12.6 Å². The summed E-state index contributed by atoms with van der Waals surface area (Å²) >= 11 is 0. The van der Waals surface area contributed by atoms with Crippen molar-refractivity contribution in [3.63, 3.8) is 0 Å². The second-order valence-corrected chi connectivity index (χ2v) is 6.97. The third-order valence-electron chi connectivity index (χ3n) is 2.44. The fraction of sp³-hybridized carbons (Fsp3) is 0.875. The molecule has 1 amide bonds. The molecule has 0 aliphatic carbocycles. The highest BCUT2D eigenvalue weighted by Gasteiger charge is 2.33. The van der Waals surface area contributed by atoms with Crippen molar-refractivity contribution in [1.82, 2.24) is 4.90 Å². The second kappa shape index (κ2) is 6.00. The predicted octanol–water partition coefficient (Wildman–Crippen LogP) is 1.35. The zero-order chi connectivity index (χ0) is 11.2. The van der Waals surface area contributed by atoms with Gasteiger partial charge in [-0.3, -0.25) is 0 Å². The molecule has 0 radical (unpaired) electrons. The molecule has 14 heavy (non-hydrogen) atoms. The molecule has 0 fully saturated rings. The van der Waals surface area contributed by atoms with Crippen LogP contribution in [0.2, 0.25) is 12.1 Å². The molecule has 0 unspecified atom stereocenters. The van der Waals surface area contributed by atoms with Crippen LogP contribution in [0.25, 0.3) is 0 Å². The lowest BCUT2D eigenvalue weighted by Gasteiger charge is -2.27. The number of hydrogen-bond donors (Lipinski definition) is 1. The highest BCUT2D eigenvalue weighted by atomic mass is 28.4. The molecule has 0 rings (SSSR count). The molecule has 5 nitrogen and oxygen atoms in total. The molecule has 0 aliphatic rings. The lowest BCUT2D eigenvalue weighted by Crippen LogP contribution is -2.42. The van der Waals surface area contributed by atoms with Crippen LogP contribution in [0, 0.1) is 0 Å². The minimum absolute atomic E-state index is 0.455. The van der Waals surface area contributed by atoms with Gasteiger partial charge in [-0.1, -0.05) is 6.92 Å². The van der Waals surface area contributed by atoms with Crippen LogP contribution in [0.4, 0.5) is 4.79 Å². The molecule has 0 atom stereocenters. The normalized spacial score (nSPS) is 11.4. The minimum atomic E-state index is -2.13. The smallest absolute Gasteiger partial charge is 0.407 e. The van der Waals surface area contributed by atoms with Gasteiger partial charge >= 0.3 is 14.7 Å². The summed E-state index contributed by atoms with van der Waals surface area (Å²) < 4.78 is 10.7. The van der Waals surface area contributed by atoms with Crippen molar-refractivity contribution in [1.29, 1.82) is 0 Å². The summed E-state index contributed by atoms with van der Waals surface area (Å²) in [4.78, 5) is 11.8. The highest BCUT2D eigenvalue weighted by Crippen LogP contribution is 2.17. The van der Waals surface area contributed by atoms with Gasteiger partial charge in [0.05, 0.1) is 0 Å². The summed E-state index contributed by atoms with van der Waals surface area (Å²) in [6, 6.07) is 1.49. The first-order valence-corrected chi connectivity index (χ1v) is 6.78. The van der Waals surface area contributed by atoms with Gasteiger partial charge in [-0.05, 0) is 6.04 Å². The zero-order valence-electron chi connectivity index (χ0n) is 9.24. The average Bonchev–Trinajstić information content (AvgIpc) is 2.20. The molecule has 0 aromatic carbocycles. The SMILES string of the molecule is CC[Si](CCN(C)C(=O)O)(OC)OC. The van der Waals surface area contributed by atoms with E-state index in [9.17, 15) is 4.79 Å². The summed E-state index contributed by atoms with van der Waals surface area (Å²) in [6.45, 7) is 2.46. The Balaban J connectivity index is 4.12. The molecule has 0 heterocycles. The molecule has 6 heteroatoms. The molecular formula is C8H19NO4Si. The topological polar surface area (TPSA) is 59.0 Å². The number of carboxylic acid groups (broad SMARTS) is 1. The number of nitrogens with zero attached hydrogens (tertiary/aromatic N) is 1. The summed E-state index contributed by atoms with van der Waals surface area (Å²) in [7, 11) is 2.66. The average molecular weight is 221 g/mol. The largest absolute Gasteiger partial charge is 0.465 e. The Morgan fingerprint density at radius 3 is 2.21 bits per heavy atom. The van der Waals surface area contributed by atoms with Crippen LogP contribution in [-0.4, -0.2) is 52.5 Å². The van der Waals surface area contributed by atoms with Crippen LogP contribution < -0.4 is 0 Å². The number of carbonyl (C=O) groups is 1. The Labute approximate surface area is 85.9 Å². The number of rotatable bonds is 6. The molecule has 0 spiro atoms. The monoisotopic (exact) mass is 221 g/mol. The van der Waals surface area contributed by atoms with E-state index in [1.807, 2.05) is 6.92 Å². The fourth-order valence-electron chi connectivity index (χ4n) is 1.19. The molecular weight excluding hydrogens is 202 g/mol. The van der Waals surface area contributed by atoms with Gasteiger partial charge < -0.3 is 18.9 Å². The highest BCUT2D eigenvalue weighted by molar-refractivity contribution is 6.67. The Hall–Kier alpha value is -0.593. The second-order valence-electron chi connectivity index (χ2n) is 3.13. The van der Waals surface area contributed by atoms with Gasteiger partial charge in [-0.25, -0.2) is 4.79 Å². The van der Waals surface area contributed by atoms with Gasteiger partial charge in [-0.2, -0.15) is 0 Å². The van der Waals surface area contributed by atoms with Crippen molar-refractivity contribution in [3.8, 4) is 0 Å². The first-order chi connectivity index (χ1) is 6.51. The van der Waals surface area contributed by atoms with Crippen molar-refractivity contribution in [2.24, 2.45) is 0 Å². The zero-order valence-corrected chi connectivity index (χ0v) is 10.2. The van der Waals surface area contributed by atoms with E-state index < -0.39 is 14.7 Å². The lowest BCUT2D eigenvalue weighted by molar-refractivity contribution is 0.156. The van der Waals surface area contributed by atoms with E-state index in [2.05, 4.69) is 0 Å². The van der Waals surface area contributed by atoms with Crippen LogP contribution in [-0.2, 0) is 8.85 Å². The van der Waals surface area contributed by atoms with Crippen molar-refractivity contribution in [2.75, 3.05) is 27.8 Å². The molecule has 84 valence electrons. The standard InChI is InChI=1S/C8H19NO4Si/c1-5-14(12-3,13-4)7-6-9(2)8(10)11/h5-7H2,1-4H3,(H,10,11). The van der Waals surface area contributed by atoms with Crippen LogP contribution >= 0.6 is 0 Å². The Morgan fingerprint density at radius 2 is 1.93 bits per heavy atom. The van der Waals surface area contributed by atoms with Gasteiger partial charge in [0.25, 0.3) is 0 Å². The third kappa shape index (κ3) is 3.65. The molecule has 1 N–H and O–H groups in total. The van der Waals surface area contributed by atoms with Crippen LogP contribution in [0.3, 0.4) is 0 Å². The van der Waals surface area contributed by atoms with E-state index in [0.717, 1.165) is 6.04 Å². The maximum absolute atomic E-state index is 10.5. The molecule has 0 aliphatic heterocycles. The third-order valence-corrected chi connectivity index (χ3v) is 5.99. The van der Waals surface area contributed by atoms with E-state index in [-0.39, 0.29) is 0 Å². The Morgan fingerprint density at radius 1 is 1.43 bits per heavy atom. The maximum atomic E-state index is 10.5. The van der Waals surface area contributed by atoms with Gasteiger partial charge in [0.2, 0.25) is 0 Å². The van der Waals surface area contributed by atoms with Crippen molar-refractivity contribution < 1.29 is 18.8 Å². The lowest BCUT2D eigenvalue weighted by atomic mass is 10.7. The Bertz CT molecular complexity index is 176. The first-order valence-electron chi connectivity index (χ1n) is 4.55. The quantitative estimate of drug-likeness (QED) is 0.688. The van der Waals surface area contributed by atoms with E-state index in [4.69, 9.17) is 14.0 Å². The van der Waals surface area contributed by atoms with Crippen molar-refractivity contribution in [3.05, 3.63) is 0 Å². The van der Waals surface area contributed by atoms with Gasteiger partial charge in [0.1, 0.15) is 0 Å². The summed E-state index contributed by atoms with van der Waals surface area (Å²) in [6.07, 6.45) is -0.920. The maximum Gasteiger partial charge on any atom is 0.407 e. The molecule has 0 bridgehead atoms. The molecule has 0 saturated heterocycles. The molecule has 0 aromatic heterocycles. The fourth-order valence-corrected chi connectivity index (χ4v) is 3.37. The minimum Gasteiger partial charge on any atom is -0.465 e. The Kier molecular flexibility index (Phi) is 5.74. The first kappa shape index (κ1) is 13.4. The van der Waals surface area contributed by atoms with Crippen LogP contribution in [0.1, 0.15) is 6.92 Å². The van der Waals surface area contributed by atoms with Gasteiger partial charge in [0, 0.05) is 33.9 Å². The molecule has 0 saturated carbocycles. The van der Waals surface area contributed by atoms with Crippen molar-refractivity contribution in [2.45, 2.75) is 19.0 Å².